The Kier molecular flexibility index (Phi) is 7.18. The molecule has 0 aromatic heterocycles. The average Bonchev–Trinajstić information content (AvgIpc) is 2.46. The summed E-state index contributed by atoms with van der Waals surface area (Å²) in [4.78, 5) is 2.30. The number of benzene rings is 1. The minimum Gasteiger partial charge on any atom is -0.310 e. The number of rotatable bonds is 8. The molecule has 0 heterocycles. The molecule has 0 bridgehead atoms. The van der Waals surface area contributed by atoms with Crippen molar-refractivity contribution in [3.63, 3.8) is 0 Å². The molecule has 0 fully saturated rings. The zero-order valence-corrected chi connectivity index (χ0v) is 13.0. The van der Waals surface area contributed by atoms with Gasteiger partial charge in [0.25, 0.3) is 0 Å². The second kappa shape index (κ2) is 8.39. The molecule has 2 nitrogen and oxygen atoms in total. The quantitative estimate of drug-likeness (QED) is 0.728. The molecule has 0 saturated carbocycles. The van der Waals surface area contributed by atoms with Crippen molar-refractivity contribution in [1.82, 2.24) is 10.2 Å². The summed E-state index contributed by atoms with van der Waals surface area (Å²) < 4.78 is 38.9. The van der Waals surface area contributed by atoms with Crippen LogP contribution in [0, 0.1) is 0 Å². The molecule has 120 valence electrons. The number of hydrogen-bond donors (Lipinski definition) is 1. The van der Waals surface area contributed by atoms with Crippen LogP contribution >= 0.6 is 0 Å². The second-order valence-electron chi connectivity index (χ2n) is 5.14. The molecule has 0 radical (unpaired) electrons. The van der Waals surface area contributed by atoms with Gasteiger partial charge in [0.1, 0.15) is 0 Å². The van der Waals surface area contributed by atoms with Crippen molar-refractivity contribution in [3.8, 4) is 0 Å². The molecule has 0 aliphatic rings. The Morgan fingerprint density at radius 1 is 1.14 bits per heavy atom. The van der Waals surface area contributed by atoms with Gasteiger partial charge in [0.2, 0.25) is 0 Å². The summed E-state index contributed by atoms with van der Waals surface area (Å²) in [6.07, 6.45) is -3.37. The lowest BCUT2D eigenvalue weighted by Gasteiger charge is -2.21. The van der Waals surface area contributed by atoms with Gasteiger partial charge in [-0.3, -0.25) is 0 Å². The van der Waals surface area contributed by atoms with Crippen LogP contribution in [0.25, 0.3) is 0 Å². The van der Waals surface area contributed by atoms with Gasteiger partial charge in [-0.2, -0.15) is 13.2 Å². The summed E-state index contributed by atoms with van der Waals surface area (Å²) in [7, 11) is 0. The molecule has 0 aliphatic carbocycles. The molecule has 0 aliphatic heterocycles. The Hall–Kier alpha value is -1.07. The minimum atomic E-state index is -4.30. The van der Waals surface area contributed by atoms with Gasteiger partial charge in [0.15, 0.2) is 0 Å². The molecule has 0 amide bonds. The highest BCUT2D eigenvalue weighted by molar-refractivity contribution is 5.31. The number of nitrogens with one attached hydrogen (secondary N) is 1. The highest BCUT2D eigenvalue weighted by atomic mass is 19.4. The van der Waals surface area contributed by atoms with E-state index < -0.39 is 11.7 Å². The number of halogens is 3. The van der Waals surface area contributed by atoms with Crippen molar-refractivity contribution in [1.29, 1.82) is 0 Å². The predicted molar refractivity (Wildman–Crippen MR) is 80.3 cm³/mol. The van der Waals surface area contributed by atoms with E-state index in [-0.39, 0.29) is 6.04 Å². The van der Waals surface area contributed by atoms with E-state index in [4.69, 9.17) is 0 Å². The van der Waals surface area contributed by atoms with E-state index in [9.17, 15) is 13.2 Å². The molecule has 1 aromatic rings. The van der Waals surface area contributed by atoms with E-state index in [0.717, 1.165) is 32.1 Å². The molecule has 5 heteroatoms. The molecular weight excluding hydrogens is 277 g/mol. The molecule has 1 rings (SSSR count). The molecule has 0 saturated heterocycles. The Morgan fingerprint density at radius 2 is 1.76 bits per heavy atom. The zero-order chi connectivity index (χ0) is 15.9. The van der Waals surface area contributed by atoms with Crippen molar-refractivity contribution >= 4 is 0 Å². The largest absolute Gasteiger partial charge is 0.416 e. The Labute approximate surface area is 125 Å². The van der Waals surface area contributed by atoms with Crippen LogP contribution in [0.4, 0.5) is 13.2 Å². The molecule has 21 heavy (non-hydrogen) atoms. The first-order valence-corrected chi connectivity index (χ1v) is 7.52. The van der Waals surface area contributed by atoms with Gasteiger partial charge in [0, 0.05) is 6.04 Å². The predicted octanol–water partition coefficient (Wildman–Crippen LogP) is 4.09. The van der Waals surface area contributed by atoms with Crippen molar-refractivity contribution in [3.05, 3.63) is 35.4 Å². The highest BCUT2D eigenvalue weighted by Gasteiger charge is 2.33. The fourth-order valence-electron chi connectivity index (χ4n) is 2.40. The smallest absolute Gasteiger partial charge is 0.310 e. The number of hydrogen-bond acceptors (Lipinski definition) is 2. The first-order valence-electron chi connectivity index (χ1n) is 7.52. The monoisotopic (exact) mass is 302 g/mol. The Bertz CT molecular complexity index is 414. The zero-order valence-electron chi connectivity index (χ0n) is 13.0. The third-order valence-corrected chi connectivity index (χ3v) is 3.73. The van der Waals surface area contributed by atoms with Crippen LogP contribution in [0.3, 0.4) is 0 Å². The Balaban J connectivity index is 2.55. The van der Waals surface area contributed by atoms with E-state index in [1.54, 1.807) is 19.1 Å². The summed E-state index contributed by atoms with van der Waals surface area (Å²) in [5, 5.41) is 3.19. The van der Waals surface area contributed by atoms with Gasteiger partial charge in [-0.15, -0.1) is 0 Å². The number of alkyl halides is 3. The van der Waals surface area contributed by atoms with Crippen LogP contribution < -0.4 is 5.32 Å². The van der Waals surface area contributed by atoms with E-state index >= 15 is 0 Å². The molecular formula is C16H25F3N2. The van der Waals surface area contributed by atoms with Gasteiger partial charge in [-0.25, -0.2) is 0 Å². The fraction of sp³-hybridized carbons (Fsp3) is 0.625. The maximum absolute atomic E-state index is 13.0. The molecule has 1 unspecified atom stereocenters. The second-order valence-corrected chi connectivity index (χ2v) is 5.14. The van der Waals surface area contributed by atoms with E-state index in [0.29, 0.717) is 12.1 Å². The summed E-state index contributed by atoms with van der Waals surface area (Å²) in [6.45, 7) is 9.68. The molecule has 1 aromatic carbocycles. The van der Waals surface area contributed by atoms with Crippen molar-refractivity contribution in [2.45, 2.75) is 39.4 Å². The van der Waals surface area contributed by atoms with Crippen LogP contribution in [-0.2, 0) is 6.18 Å². The summed E-state index contributed by atoms with van der Waals surface area (Å²) in [5.41, 5.74) is -0.235. The highest BCUT2D eigenvalue weighted by Crippen LogP contribution is 2.34. The molecule has 1 atom stereocenters. The normalized spacial score (nSPS) is 13.7. The third-order valence-electron chi connectivity index (χ3n) is 3.73. The summed E-state index contributed by atoms with van der Waals surface area (Å²) >= 11 is 0. The summed E-state index contributed by atoms with van der Waals surface area (Å²) in [5.74, 6) is 0. The Morgan fingerprint density at radius 3 is 2.33 bits per heavy atom. The van der Waals surface area contributed by atoms with Crippen molar-refractivity contribution in [2.24, 2.45) is 0 Å². The topological polar surface area (TPSA) is 15.3 Å². The van der Waals surface area contributed by atoms with Crippen LogP contribution in [0.15, 0.2) is 24.3 Å². The lowest BCUT2D eigenvalue weighted by atomic mass is 10.0. The fourth-order valence-corrected chi connectivity index (χ4v) is 2.40. The van der Waals surface area contributed by atoms with Gasteiger partial charge in [0.05, 0.1) is 5.56 Å². The van der Waals surface area contributed by atoms with Crippen LogP contribution in [0.2, 0.25) is 0 Å². The number of nitrogens with zero attached hydrogens (tertiary/aromatic N) is 1. The first kappa shape index (κ1) is 18.0. The maximum Gasteiger partial charge on any atom is 0.416 e. The average molecular weight is 302 g/mol. The van der Waals surface area contributed by atoms with Crippen LogP contribution in [-0.4, -0.2) is 31.1 Å². The van der Waals surface area contributed by atoms with Gasteiger partial charge < -0.3 is 10.2 Å². The van der Waals surface area contributed by atoms with Crippen LogP contribution in [0.5, 0.6) is 0 Å². The van der Waals surface area contributed by atoms with Gasteiger partial charge in [-0.1, -0.05) is 32.0 Å². The maximum atomic E-state index is 13.0. The van der Waals surface area contributed by atoms with Crippen molar-refractivity contribution in [2.75, 3.05) is 26.2 Å². The minimum absolute atomic E-state index is 0.306. The van der Waals surface area contributed by atoms with Gasteiger partial charge in [-0.05, 0) is 51.2 Å². The standard InChI is InChI=1S/C16H25F3N2/c1-4-21(5-2)12-8-11-20-13(3)14-9-6-7-10-15(14)16(17,18)19/h6-7,9-10,13,20H,4-5,8,11-12H2,1-3H3. The van der Waals surface area contributed by atoms with Gasteiger partial charge >= 0.3 is 6.18 Å². The third kappa shape index (κ3) is 5.67. The first-order chi connectivity index (χ1) is 9.90. The van der Waals surface area contributed by atoms with Crippen molar-refractivity contribution < 1.29 is 13.2 Å². The lowest BCUT2D eigenvalue weighted by Crippen LogP contribution is -2.28. The molecule has 1 N–H and O–H groups in total. The van der Waals surface area contributed by atoms with E-state index in [1.807, 2.05) is 0 Å². The lowest BCUT2D eigenvalue weighted by molar-refractivity contribution is -0.138. The summed E-state index contributed by atoms with van der Waals surface area (Å²) in [6, 6.07) is 5.46. The SMILES string of the molecule is CCN(CC)CCCNC(C)c1ccccc1C(F)(F)F. The van der Waals surface area contributed by atoms with E-state index in [1.165, 1.54) is 6.07 Å². The van der Waals surface area contributed by atoms with E-state index in [2.05, 4.69) is 24.1 Å². The molecule has 0 spiro atoms. The van der Waals surface area contributed by atoms with Crippen LogP contribution in [0.1, 0.15) is 44.4 Å².